The zero-order chi connectivity index (χ0) is 18.3. The molecule has 4 rings (SSSR count). The van der Waals surface area contributed by atoms with Crippen molar-refractivity contribution in [2.75, 3.05) is 0 Å². The van der Waals surface area contributed by atoms with E-state index in [0.717, 1.165) is 32.7 Å². The molecule has 0 saturated heterocycles. The Labute approximate surface area is 155 Å². The summed E-state index contributed by atoms with van der Waals surface area (Å²) >= 11 is 6.33. The lowest BCUT2D eigenvalue weighted by atomic mass is 9.91. The van der Waals surface area contributed by atoms with E-state index in [1.807, 2.05) is 54.6 Å². The average Bonchev–Trinajstić information content (AvgIpc) is 2.64. The number of fused-ring (bicyclic) bond motifs is 2. The van der Waals surface area contributed by atoms with Crippen LogP contribution in [-0.2, 0) is 4.79 Å². The number of phenolic OH excluding ortho intramolecular Hbond substituents is 1. The second-order valence-electron chi connectivity index (χ2n) is 6.05. The first-order valence-electron chi connectivity index (χ1n) is 8.17. The van der Waals surface area contributed by atoms with Crippen LogP contribution in [0.5, 0.6) is 11.5 Å². The molecule has 26 heavy (non-hydrogen) atoms. The molecule has 0 aliphatic carbocycles. The van der Waals surface area contributed by atoms with E-state index in [9.17, 15) is 9.90 Å². The van der Waals surface area contributed by atoms with Gasteiger partial charge in [0.05, 0.1) is 5.02 Å². The van der Waals surface area contributed by atoms with Crippen LogP contribution in [0, 0.1) is 0 Å². The van der Waals surface area contributed by atoms with Crippen molar-refractivity contribution in [2.24, 2.45) is 0 Å². The third kappa shape index (κ3) is 2.67. The van der Waals surface area contributed by atoms with E-state index in [1.165, 1.54) is 6.92 Å². The molecule has 0 atom stereocenters. The molecule has 0 unspecified atom stereocenters. The van der Waals surface area contributed by atoms with Crippen LogP contribution in [0.1, 0.15) is 6.92 Å². The van der Waals surface area contributed by atoms with Gasteiger partial charge in [-0.25, -0.2) is 0 Å². The number of ether oxygens (including phenoxy) is 1. The lowest BCUT2D eigenvalue weighted by Crippen LogP contribution is -2.01. The number of halogens is 1. The number of carbonyl (C=O) groups excluding carboxylic acids is 1. The highest BCUT2D eigenvalue weighted by molar-refractivity contribution is 6.32. The minimum atomic E-state index is -0.416. The number of hydrogen-bond acceptors (Lipinski definition) is 3. The van der Waals surface area contributed by atoms with Gasteiger partial charge in [-0.2, -0.15) is 0 Å². The normalized spacial score (nSPS) is 11.0. The van der Waals surface area contributed by atoms with Gasteiger partial charge in [0.1, 0.15) is 11.5 Å². The predicted octanol–water partition coefficient (Wildman–Crippen LogP) is 5.94. The predicted molar refractivity (Wildman–Crippen MR) is 105 cm³/mol. The maximum absolute atomic E-state index is 11.2. The Morgan fingerprint density at radius 3 is 1.92 bits per heavy atom. The molecule has 128 valence electrons. The largest absolute Gasteiger partial charge is 0.507 e. The number of rotatable bonds is 2. The molecule has 0 spiro atoms. The number of esters is 1. The molecule has 0 bridgehead atoms. The Bertz CT molecular complexity index is 1110. The van der Waals surface area contributed by atoms with Gasteiger partial charge in [-0.1, -0.05) is 66.2 Å². The molecule has 0 saturated carbocycles. The topological polar surface area (TPSA) is 46.5 Å². The molecule has 3 nitrogen and oxygen atoms in total. The maximum atomic E-state index is 11.2. The molecule has 0 aliphatic heterocycles. The van der Waals surface area contributed by atoms with Gasteiger partial charge in [0.15, 0.2) is 0 Å². The van der Waals surface area contributed by atoms with Crippen LogP contribution < -0.4 is 4.74 Å². The molecule has 0 aliphatic rings. The molecular weight excluding hydrogens is 348 g/mol. The number of hydrogen-bond donors (Lipinski definition) is 1. The zero-order valence-corrected chi connectivity index (χ0v) is 14.7. The van der Waals surface area contributed by atoms with Gasteiger partial charge in [-0.15, -0.1) is 0 Å². The van der Waals surface area contributed by atoms with Crippen LogP contribution in [0.3, 0.4) is 0 Å². The summed E-state index contributed by atoms with van der Waals surface area (Å²) < 4.78 is 5.12. The quantitative estimate of drug-likeness (QED) is 0.272. The van der Waals surface area contributed by atoms with Crippen molar-refractivity contribution in [3.8, 4) is 22.6 Å². The summed E-state index contributed by atoms with van der Waals surface area (Å²) in [5.41, 5.74) is 1.86. The van der Waals surface area contributed by atoms with Crippen molar-refractivity contribution in [3.05, 3.63) is 71.8 Å². The molecule has 4 aromatic rings. The fourth-order valence-electron chi connectivity index (χ4n) is 3.31. The van der Waals surface area contributed by atoms with E-state index in [2.05, 4.69) is 0 Å². The number of aromatic hydroxyl groups is 1. The third-order valence-corrected chi connectivity index (χ3v) is 4.67. The summed E-state index contributed by atoms with van der Waals surface area (Å²) in [4.78, 5) is 11.2. The second kappa shape index (κ2) is 6.36. The Morgan fingerprint density at radius 2 is 1.42 bits per heavy atom. The molecule has 0 amide bonds. The van der Waals surface area contributed by atoms with Crippen LogP contribution in [0.4, 0.5) is 0 Å². The highest BCUT2D eigenvalue weighted by Crippen LogP contribution is 2.43. The smallest absolute Gasteiger partial charge is 0.308 e. The van der Waals surface area contributed by atoms with Gasteiger partial charge in [0, 0.05) is 17.7 Å². The van der Waals surface area contributed by atoms with Gasteiger partial charge in [0.2, 0.25) is 0 Å². The lowest BCUT2D eigenvalue weighted by molar-refractivity contribution is -0.131. The lowest BCUT2D eigenvalue weighted by Gasteiger charge is -2.15. The summed E-state index contributed by atoms with van der Waals surface area (Å²) in [5, 5.41) is 14.5. The molecule has 0 radical (unpaired) electrons. The Balaban J connectivity index is 2.06. The fraction of sp³-hybridized carbons (Fsp3) is 0.0455. The van der Waals surface area contributed by atoms with E-state index in [1.54, 1.807) is 12.1 Å². The number of carbonyl (C=O) groups is 1. The minimum Gasteiger partial charge on any atom is -0.507 e. The van der Waals surface area contributed by atoms with Crippen LogP contribution in [-0.4, -0.2) is 11.1 Å². The Kier molecular flexibility index (Phi) is 4.02. The molecule has 0 aromatic heterocycles. The van der Waals surface area contributed by atoms with E-state index < -0.39 is 5.97 Å². The third-order valence-electron chi connectivity index (χ3n) is 4.38. The van der Waals surface area contributed by atoms with E-state index >= 15 is 0 Å². The highest BCUT2D eigenvalue weighted by Gasteiger charge is 2.15. The molecule has 4 heteroatoms. The molecular formula is C22H15ClO3. The summed E-state index contributed by atoms with van der Waals surface area (Å²) in [7, 11) is 0. The number of benzene rings is 4. The first kappa shape index (κ1) is 16.4. The van der Waals surface area contributed by atoms with Gasteiger partial charge < -0.3 is 9.84 Å². The summed E-state index contributed by atoms with van der Waals surface area (Å²) in [5.74, 6) is 0.179. The van der Waals surface area contributed by atoms with Crippen molar-refractivity contribution in [1.29, 1.82) is 0 Å². The van der Waals surface area contributed by atoms with Gasteiger partial charge in [-0.3, -0.25) is 4.79 Å². The Hall–Kier alpha value is -3.04. The van der Waals surface area contributed by atoms with Crippen molar-refractivity contribution >= 4 is 39.1 Å². The van der Waals surface area contributed by atoms with E-state index in [0.29, 0.717) is 10.8 Å². The second-order valence-corrected chi connectivity index (χ2v) is 6.46. The monoisotopic (exact) mass is 362 g/mol. The van der Waals surface area contributed by atoms with Gasteiger partial charge in [-0.05, 0) is 34.0 Å². The maximum Gasteiger partial charge on any atom is 0.308 e. The van der Waals surface area contributed by atoms with E-state index in [-0.39, 0.29) is 5.75 Å². The summed E-state index contributed by atoms with van der Waals surface area (Å²) in [6.07, 6.45) is 0. The molecule has 1 N–H and O–H groups in total. The Morgan fingerprint density at radius 1 is 0.885 bits per heavy atom. The van der Waals surface area contributed by atoms with Crippen LogP contribution >= 0.6 is 11.6 Å². The molecule has 0 fully saturated rings. The van der Waals surface area contributed by atoms with Crippen molar-refractivity contribution in [1.82, 2.24) is 0 Å². The number of phenols is 1. The average molecular weight is 363 g/mol. The first-order valence-corrected chi connectivity index (χ1v) is 8.55. The zero-order valence-electron chi connectivity index (χ0n) is 14.0. The van der Waals surface area contributed by atoms with Gasteiger partial charge in [0.25, 0.3) is 0 Å². The molecule has 0 heterocycles. The summed E-state index contributed by atoms with van der Waals surface area (Å²) in [6, 6.07) is 20.8. The standard InChI is InChI=1S/C22H15ClO3/c1-13(24)26-20-11-10-14(12-19(20)23)21-15-6-2-4-8-17(15)22(25)18-9-5-3-7-16(18)21/h2-12,25H,1H3. The highest BCUT2D eigenvalue weighted by atomic mass is 35.5. The van der Waals surface area contributed by atoms with E-state index in [4.69, 9.17) is 16.3 Å². The van der Waals surface area contributed by atoms with Crippen LogP contribution in [0.15, 0.2) is 66.7 Å². The van der Waals surface area contributed by atoms with Crippen LogP contribution in [0.2, 0.25) is 5.02 Å². The minimum absolute atomic E-state index is 0.266. The SMILES string of the molecule is CC(=O)Oc1ccc(-c2c3ccccc3c(O)c3ccccc23)cc1Cl. The first-order chi connectivity index (χ1) is 12.6. The fourth-order valence-corrected chi connectivity index (χ4v) is 3.53. The molecule has 4 aromatic carbocycles. The van der Waals surface area contributed by atoms with Crippen molar-refractivity contribution in [2.45, 2.75) is 6.92 Å². The summed E-state index contributed by atoms with van der Waals surface area (Å²) in [6.45, 7) is 1.34. The van der Waals surface area contributed by atoms with Crippen molar-refractivity contribution < 1.29 is 14.6 Å². The van der Waals surface area contributed by atoms with Crippen molar-refractivity contribution in [3.63, 3.8) is 0 Å². The van der Waals surface area contributed by atoms with Gasteiger partial charge >= 0.3 is 5.97 Å². The van der Waals surface area contributed by atoms with Crippen LogP contribution in [0.25, 0.3) is 32.7 Å².